The van der Waals surface area contributed by atoms with Crippen LogP contribution in [-0.4, -0.2) is 10.5 Å². The molecule has 19 heavy (non-hydrogen) atoms. The lowest BCUT2D eigenvalue weighted by molar-refractivity contribution is -0.137. The third-order valence-electron chi connectivity index (χ3n) is 2.56. The van der Waals surface area contributed by atoms with Crippen molar-refractivity contribution in [3.05, 3.63) is 53.9 Å². The van der Waals surface area contributed by atoms with Gasteiger partial charge in [0, 0.05) is 25.1 Å². The molecule has 6 heteroatoms. The SMILES string of the molecule is Cn1ccc(C(=O)Nc2ccc(C(F)(F)F)cc2)c1. The van der Waals surface area contributed by atoms with Crippen LogP contribution in [0.15, 0.2) is 42.7 Å². The molecule has 0 unspecified atom stereocenters. The molecule has 0 bridgehead atoms. The number of aryl methyl sites for hydroxylation is 1. The Bertz CT molecular complexity index is 585. The number of nitrogens with one attached hydrogen (secondary N) is 1. The Balaban J connectivity index is 2.10. The fourth-order valence-electron chi connectivity index (χ4n) is 1.58. The predicted molar refractivity (Wildman–Crippen MR) is 64.8 cm³/mol. The molecule has 2 aromatic rings. The maximum absolute atomic E-state index is 12.4. The first-order chi connectivity index (χ1) is 8.86. The minimum Gasteiger partial charge on any atom is -0.356 e. The Labute approximate surface area is 107 Å². The topological polar surface area (TPSA) is 34.0 Å². The first-order valence-corrected chi connectivity index (χ1v) is 5.47. The van der Waals surface area contributed by atoms with Crippen molar-refractivity contribution in [1.82, 2.24) is 4.57 Å². The monoisotopic (exact) mass is 268 g/mol. The summed E-state index contributed by atoms with van der Waals surface area (Å²) in [5.74, 6) is -0.361. The number of rotatable bonds is 2. The molecule has 0 atom stereocenters. The van der Waals surface area contributed by atoms with Crippen molar-refractivity contribution < 1.29 is 18.0 Å². The summed E-state index contributed by atoms with van der Waals surface area (Å²) >= 11 is 0. The van der Waals surface area contributed by atoms with Gasteiger partial charge in [0.1, 0.15) is 0 Å². The number of halogens is 3. The van der Waals surface area contributed by atoms with Crippen molar-refractivity contribution in [1.29, 1.82) is 0 Å². The summed E-state index contributed by atoms with van der Waals surface area (Å²) in [5, 5.41) is 2.53. The van der Waals surface area contributed by atoms with Gasteiger partial charge in [-0.05, 0) is 30.3 Å². The highest BCUT2D eigenvalue weighted by molar-refractivity contribution is 6.04. The average molecular weight is 268 g/mol. The molecule has 3 nitrogen and oxygen atoms in total. The predicted octanol–water partition coefficient (Wildman–Crippen LogP) is 3.30. The number of aromatic nitrogens is 1. The summed E-state index contributed by atoms with van der Waals surface area (Å²) in [6.07, 6.45) is -1.04. The highest BCUT2D eigenvalue weighted by atomic mass is 19.4. The van der Waals surface area contributed by atoms with Crippen LogP contribution in [0.3, 0.4) is 0 Å². The van der Waals surface area contributed by atoms with Crippen molar-refractivity contribution in [3.8, 4) is 0 Å². The lowest BCUT2D eigenvalue weighted by atomic mass is 10.2. The summed E-state index contributed by atoms with van der Waals surface area (Å²) in [7, 11) is 1.77. The number of carbonyl (C=O) groups is 1. The third-order valence-corrected chi connectivity index (χ3v) is 2.56. The molecule has 0 aliphatic carbocycles. The zero-order chi connectivity index (χ0) is 14.0. The number of alkyl halides is 3. The van der Waals surface area contributed by atoms with E-state index in [1.165, 1.54) is 12.1 Å². The number of hydrogen-bond acceptors (Lipinski definition) is 1. The molecule has 1 aromatic heterocycles. The molecule has 2 rings (SSSR count). The van der Waals surface area contributed by atoms with Gasteiger partial charge in [-0.2, -0.15) is 13.2 Å². The van der Waals surface area contributed by atoms with Crippen LogP contribution in [0.25, 0.3) is 0 Å². The number of nitrogens with zero attached hydrogens (tertiary/aromatic N) is 1. The standard InChI is InChI=1S/C13H11F3N2O/c1-18-7-6-9(8-18)12(19)17-11-4-2-10(3-5-11)13(14,15)16/h2-8H,1H3,(H,17,19). The van der Waals surface area contributed by atoms with Gasteiger partial charge in [-0.1, -0.05) is 0 Å². The van der Waals surface area contributed by atoms with Crippen molar-refractivity contribution in [2.24, 2.45) is 7.05 Å². The van der Waals surface area contributed by atoms with Gasteiger partial charge < -0.3 is 9.88 Å². The van der Waals surface area contributed by atoms with Gasteiger partial charge in [0.05, 0.1) is 11.1 Å². The lowest BCUT2D eigenvalue weighted by Crippen LogP contribution is -2.11. The summed E-state index contributed by atoms with van der Waals surface area (Å²) in [6, 6.07) is 5.94. The Hall–Kier alpha value is -2.24. The molecule has 1 aromatic carbocycles. The van der Waals surface area contributed by atoms with Gasteiger partial charge in [-0.25, -0.2) is 0 Å². The summed E-state index contributed by atoms with van der Waals surface area (Å²) < 4.78 is 38.8. The number of benzene rings is 1. The zero-order valence-corrected chi connectivity index (χ0v) is 10.0. The van der Waals surface area contributed by atoms with Crippen LogP contribution < -0.4 is 5.32 Å². The number of anilines is 1. The molecule has 0 radical (unpaired) electrons. The van der Waals surface area contributed by atoms with E-state index in [0.29, 0.717) is 11.3 Å². The number of carbonyl (C=O) groups excluding carboxylic acids is 1. The summed E-state index contributed by atoms with van der Waals surface area (Å²) in [5.41, 5.74) is 0.0226. The van der Waals surface area contributed by atoms with E-state index in [2.05, 4.69) is 5.32 Å². The minimum atomic E-state index is -4.37. The molecule has 0 saturated heterocycles. The zero-order valence-electron chi connectivity index (χ0n) is 10.0. The molecular formula is C13H11F3N2O. The van der Waals surface area contributed by atoms with Crippen molar-refractivity contribution >= 4 is 11.6 Å². The molecular weight excluding hydrogens is 257 g/mol. The van der Waals surface area contributed by atoms with Crippen molar-refractivity contribution in [2.75, 3.05) is 5.32 Å². The maximum atomic E-state index is 12.4. The molecule has 0 spiro atoms. The van der Waals surface area contributed by atoms with Crippen LogP contribution in [0, 0.1) is 0 Å². The molecule has 0 fully saturated rings. The van der Waals surface area contributed by atoms with Crippen LogP contribution in [0.5, 0.6) is 0 Å². The molecule has 1 N–H and O–H groups in total. The molecule has 0 saturated carbocycles. The minimum absolute atomic E-state index is 0.321. The first-order valence-electron chi connectivity index (χ1n) is 5.47. The first kappa shape index (κ1) is 13.2. The third kappa shape index (κ3) is 3.15. The Morgan fingerprint density at radius 3 is 2.26 bits per heavy atom. The quantitative estimate of drug-likeness (QED) is 0.890. The fraction of sp³-hybridized carbons (Fsp3) is 0.154. The van der Waals surface area contributed by atoms with E-state index >= 15 is 0 Å². The van der Waals surface area contributed by atoms with Crippen molar-refractivity contribution in [3.63, 3.8) is 0 Å². The van der Waals surface area contributed by atoms with E-state index < -0.39 is 11.7 Å². The second-order valence-electron chi connectivity index (χ2n) is 4.09. The summed E-state index contributed by atoms with van der Waals surface area (Å²) in [6.45, 7) is 0. The van der Waals surface area contributed by atoms with E-state index in [-0.39, 0.29) is 5.91 Å². The molecule has 100 valence electrons. The van der Waals surface area contributed by atoms with Crippen LogP contribution >= 0.6 is 0 Å². The average Bonchev–Trinajstić information content (AvgIpc) is 2.75. The highest BCUT2D eigenvalue weighted by Gasteiger charge is 2.29. The number of amides is 1. The largest absolute Gasteiger partial charge is 0.416 e. The van der Waals surface area contributed by atoms with Gasteiger partial charge in [0.2, 0.25) is 0 Å². The summed E-state index contributed by atoms with van der Waals surface area (Å²) in [4.78, 5) is 11.8. The van der Waals surface area contributed by atoms with Gasteiger partial charge in [-0.3, -0.25) is 4.79 Å². The van der Waals surface area contributed by atoms with Crippen LogP contribution in [-0.2, 0) is 13.2 Å². The van der Waals surface area contributed by atoms with E-state index in [9.17, 15) is 18.0 Å². The Morgan fingerprint density at radius 2 is 1.79 bits per heavy atom. The smallest absolute Gasteiger partial charge is 0.356 e. The molecule has 1 amide bonds. The second kappa shape index (κ2) is 4.79. The van der Waals surface area contributed by atoms with E-state index in [4.69, 9.17) is 0 Å². The van der Waals surface area contributed by atoms with E-state index in [0.717, 1.165) is 12.1 Å². The van der Waals surface area contributed by atoms with Crippen LogP contribution in [0.1, 0.15) is 15.9 Å². The van der Waals surface area contributed by atoms with Crippen LogP contribution in [0.4, 0.5) is 18.9 Å². The van der Waals surface area contributed by atoms with Gasteiger partial charge in [-0.15, -0.1) is 0 Å². The second-order valence-corrected chi connectivity index (χ2v) is 4.09. The molecule has 0 aliphatic rings. The molecule has 0 aliphatic heterocycles. The molecule has 1 heterocycles. The maximum Gasteiger partial charge on any atom is 0.416 e. The fourth-order valence-corrected chi connectivity index (χ4v) is 1.58. The van der Waals surface area contributed by atoms with Crippen LogP contribution in [0.2, 0.25) is 0 Å². The van der Waals surface area contributed by atoms with Gasteiger partial charge in [0.15, 0.2) is 0 Å². The number of hydrogen-bond donors (Lipinski definition) is 1. The Kier molecular flexibility index (Phi) is 3.33. The normalized spacial score (nSPS) is 11.4. The lowest BCUT2D eigenvalue weighted by Gasteiger charge is -2.08. The van der Waals surface area contributed by atoms with Crippen molar-refractivity contribution in [2.45, 2.75) is 6.18 Å². The highest BCUT2D eigenvalue weighted by Crippen LogP contribution is 2.29. The van der Waals surface area contributed by atoms with Gasteiger partial charge in [0.25, 0.3) is 5.91 Å². The van der Waals surface area contributed by atoms with E-state index in [1.54, 1.807) is 30.1 Å². The Morgan fingerprint density at radius 1 is 1.16 bits per heavy atom. The van der Waals surface area contributed by atoms with E-state index in [1.807, 2.05) is 0 Å². The van der Waals surface area contributed by atoms with Gasteiger partial charge >= 0.3 is 6.18 Å².